The molecule has 33 heavy (non-hydrogen) atoms. The summed E-state index contributed by atoms with van der Waals surface area (Å²) >= 11 is 1.24. The monoisotopic (exact) mass is 467 g/mol. The zero-order chi connectivity index (χ0) is 23.5. The van der Waals surface area contributed by atoms with Crippen LogP contribution in [0.4, 0.5) is 5.69 Å². The van der Waals surface area contributed by atoms with Crippen LogP contribution in [0.5, 0.6) is 5.75 Å². The molecule has 0 radical (unpaired) electrons. The second kappa shape index (κ2) is 9.37. The molecular formula is C23H21N3O6S. The third-order valence-electron chi connectivity index (χ3n) is 5.08. The van der Waals surface area contributed by atoms with Crippen molar-refractivity contribution in [1.29, 1.82) is 0 Å². The van der Waals surface area contributed by atoms with Gasteiger partial charge in [-0.3, -0.25) is 24.1 Å². The van der Waals surface area contributed by atoms with Crippen LogP contribution < -0.4 is 14.4 Å². The first-order valence-corrected chi connectivity index (χ1v) is 11.1. The van der Waals surface area contributed by atoms with Crippen LogP contribution in [0.2, 0.25) is 0 Å². The number of aromatic nitrogens is 1. The maximum atomic E-state index is 13.0. The molecule has 1 aliphatic rings. The fourth-order valence-electron chi connectivity index (χ4n) is 3.62. The molecule has 170 valence electrons. The standard InChI is InChI=1S/C23H21N3O6S/c1-3-32-20(29)13-25-21-16(31-2)8-5-9-17(21)33-23(25)24-22(30)14-6-4-7-15(12-14)26-18(27)10-11-19(26)28/h4-9,12H,3,10-11,13H2,1-2H3. The molecule has 1 aliphatic heterocycles. The van der Waals surface area contributed by atoms with Crippen molar-refractivity contribution in [3.05, 3.63) is 52.8 Å². The highest BCUT2D eigenvalue weighted by atomic mass is 32.1. The Morgan fingerprint density at radius 1 is 1.09 bits per heavy atom. The van der Waals surface area contributed by atoms with E-state index in [0.717, 1.165) is 9.60 Å². The van der Waals surface area contributed by atoms with Crippen molar-refractivity contribution in [2.75, 3.05) is 18.6 Å². The number of anilines is 1. The average Bonchev–Trinajstić information content (AvgIpc) is 3.32. The highest BCUT2D eigenvalue weighted by Crippen LogP contribution is 2.28. The van der Waals surface area contributed by atoms with Crippen LogP contribution in [0.15, 0.2) is 47.5 Å². The van der Waals surface area contributed by atoms with Gasteiger partial charge in [0.25, 0.3) is 5.91 Å². The number of ether oxygens (including phenoxy) is 2. The van der Waals surface area contributed by atoms with E-state index in [4.69, 9.17) is 9.47 Å². The number of nitrogens with zero attached hydrogens (tertiary/aromatic N) is 3. The molecule has 3 amide bonds. The molecule has 4 rings (SSSR count). The maximum Gasteiger partial charge on any atom is 0.326 e. The number of para-hydroxylation sites is 1. The van der Waals surface area contributed by atoms with Crippen LogP contribution in [-0.4, -0.2) is 42.0 Å². The summed E-state index contributed by atoms with van der Waals surface area (Å²) in [5.74, 6) is -1.10. The van der Waals surface area contributed by atoms with Crippen LogP contribution >= 0.6 is 11.3 Å². The molecule has 0 unspecified atom stereocenters. The van der Waals surface area contributed by atoms with Crippen LogP contribution in [-0.2, 0) is 25.7 Å². The average molecular weight is 468 g/mol. The highest BCUT2D eigenvalue weighted by molar-refractivity contribution is 7.16. The van der Waals surface area contributed by atoms with E-state index >= 15 is 0 Å². The van der Waals surface area contributed by atoms with Crippen molar-refractivity contribution in [1.82, 2.24) is 4.57 Å². The molecule has 0 spiro atoms. The molecule has 0 N–H and O–H groups in total. The Morgan fingerprint density at radius 3 is 2.52 bits per heavy atom. The molecule has 0 bridgehead atoms. The molecule has 10 heteroatoms. The van der Waals surface area contributed by atoms with E-state index < -0.39 is 11.9 Å². The summed E-state index contributed by atoms with van der Waals surface area (Å²) < 4.78 is 12.9. The first kappa shape index (κ1) is 22.4. The number of hydrogen-bond donors (Lipinski definition) is 0. The van der Waals surface area contributed by atoms with Gasteiger partial charge in [0.2, 0.25) is 11.8 Å². The number of amides is 3. The maximum absolute atomic E-state index is 13.0. The SMILES string of the molecule is CCOC(=O)Cn1c(=NC(=O)c2cccc(N3C(=O)CCC3=O)c2)sc2cccc(OC)c21. The second-order valence-corrected chi connectivity index (χ2v) is 8.18. The molecule has 1 aromatic heterocycles. The van der Waals surface area contributed by atoms with Crippen LogP contribution in [0.25, 0.3) is 10.2 Å². The number of methoxy groups -OCH3 is 1. The van der Waals surface area contributed by atoms with Crippen molar-refractivity contribution in [3.63, 3.8) is 0 Å². The second-order valence-electron chi connectivity index (χ2n) is 7.17. The summed E-state index contributed by atoms with van der Waals surface area (Å²) in [5.41, 5.74) is 1.18. The Hall–Kier alpha value is -3.79. The number of fused-ring (bicyclic) bond motifs is 1. The van der Waals surface area contributed by atoms with Crippen molar-refractivity contribution in [2.45, 2.75) is 26.3 Å². The van der Waals surface area contributed by atoms with Crippen molar-refractivity contribution >= 4 is 50.9 Å². The van der Waals surface area contributed by atoms with Gasteiger partial charge in [0, 0.05) is 18.4 Å². The Bertz CT molecular complexity index is 1320. The van der Waals surface area contributed by atoms with Gasteiger partial charge in [0.1, 0.15) is 17.8 Å². The molecule has 0 saturated carbocycles. The van der Waals surface area contributed by atoms with Gasteiger partial charge in [0.05, 0.1) is 24.1 Å². The fraction of sp³-hybridized carbons (Fsp3) is 0.261. The Kier molecular flexibility index (Phi) is 6.36. The molecule has 0 atom stereocenters. The number of esters is 1. The Balaban J connectivity index is 1.78. The molecule has 2 aromatic carbocycles. The van der Waals surface area contributed by atoms with Crippen LogP contribution in [0, 0.1) is 0 Å². The summed E-state index contributed by atoms with van der Waals surface area (Å²) in [6, 6.07) is 11.6. The molecule has 1 fully saturated rings. The lowest BCUT2D eigenvalue weighted by Gasteiger charge is -2.14. The predicted molar refractivity (Wildman–Crippen MR) is 121 cm³/mol. The van der Waals surface area contributed by atoms with Crippen molar-refractivity contribution in [2.24, 2.45) is 4.99 Å². The first-order valence-electron chi connectivity index (χ1n) is 10.3. The summed E-state index contributed by atoms with van der Waals surface area (Å²) in [6.07, 6.45) is 0.303. The summed E-state index contributed by atoms with van der Waals surface area (Å²) in [7, 11) is 1.52. The van der Waals surface area contributed by atoms with Gasteiger partial charge >= 0.3 is 5.97 Å². The molecular weight excluding hydrogens is 446 g/mol. The van der Waals surface area contributed by atoms with E-state index in [1.807, 2.05) is 12.1 Å². The number of carbonyl (C=O) groups excluding carboxylic acids is 4. The molecule has 0 aliphatic carbocycles. The zero-order valence-electron chi connectivity index (χ0n) is 18.1. The van der Waals surface area contributed by atoms with E-state index in [1.165, 1.54) is 24.5 Å². The van der Waals surface area contributed by atoms with E-state index in [9.17, 15) is 19.2 Å². The third-order valence-corrected chi connectivity index (χ3v) is 6.12. The number of thiazole rings is 1. The molecule has 3 aromatic rings. The minimum absolute atomic E-state index is 0.142. The number of hydrogen-bond acceptors (Lipinski definition) is 7. The minimum atomic E-state index is -0.570. The smallest absolute Gasteiger partial charge is 0.326 e. The van der Waals surface area contributed by atoms with Gasteiger partial charge in [-0.05, 0) is 37.3 Å². The lowest BCUT2D eigenvalue weighted by Crippen LogP contribution is -2.28. The number of imide groups is 1. The van der Waals surface area contributed by atoms with Gasteiger partial charge < -0.3 is 14.0 Å². The van der Waals surface area contributed by atoms with Gasteiger partial charge in [-0.1, -0.05) is 23.5 Å². The van der Waals surface area contributed by atoms with Crippen molar-refractivity contribution in [3.8, 4) is 5.75 Å². The van der Waals surface area contributed by atoms with Gasteiger partial charge in [-0.2, -0.15) is 4.99 Å². The summed E-state index contributed by atoms with van der Waals surface area (Å²) in [5, 5.41) is 0. The van der Waals surface area contributed by atoms with Gasteiger partial charge in [-0.15, -0.1) is 0 Å². The van der Waals surface area contributed by atoms with Crippen LogP contribution in [0.3, 0.4) is 0 Å². The zero-order valence-corrected chi connectivity index (χ0v) is 18.9. The number of carbonyl (C=O) groups is 4. The van der Waals surface area contributed by atoms with Gasteiger partial charge in [0.15, 0.2) is 4.80 Å². The third kappa shape index (κ3) is 4.42. The normalized spacial score (nSPS) is 14.2. The lowest BCUT2D eigenvalue weighted by atomic mass is 10.2. The first-order chi connectivity index (χ1) is 15.9. The number of rotatable bonds is 6. The van der Waals surface area contributed by atoms with E-state index in [-0.39, 0.29) is 43.4 Å². The van der Waals surface area contributed by atoms with Gasteiger partial charge in [-0.25, -0.2) is 0 Å². The Labute approximate surface area is 192 Å². The number of benzene rings is 2. The predicted octanol–water partition coefficient (Wildman–Crippen LogP) is 2.67. The topological polar surface area (TPSA) is 107 Å². The van der Waals surface area contributed by atoms with E-state index in [2.05, 4.69) is 4.99 Å². The van der Waals surface area contributed by atoms with E-state index in [0.29, 0.717) is 21.8 Å². The highest BCUT2D eigenvalue weighted by Gasteiger charge is 2.30. The largest absolute Gasteiger partial charge is 0.495 e. The fourth-order valence-corrected chi connectivity index (χ4v) is 4.67. The van der Waals surface area contributed by atoms with E-state index in [1.54, 1.807) is 35.8 Å². The Morgan fingerprint density at radius 2 is 1.82 bits per heavy atom. The molecule has 9 nitrogen and oxygen atoms in total. The lowest BCUT2D eigenvalue weighted by molar-refractivity contribution is -0.143. The van der Waals surface area contributed by atoms with Crippen LogP contribution in [0.1, 0.15) is 30.1 Å². The summed E-state index contributed by atoms with van der Waals surface area (Å²) in [6.45, 7) is 1.80. The quantitative estimate of drug-likeness (QED) is 0.408. The molecule has 1 saturated heterocycles. The minimum Gasteiger partial charge on any atom is -0.495 e. The summed E-state index contributed by atoms with van der Waals surface area (Å²) in [4.78, 5) is 55.0. The molecule has 2 heterocycles. The van der Waals surface area contributed by atoms with Crippen molar-refractivity contribution < 1.29 is 28.7 Å².